The van der Waals surface area contributed by atoms with Gasteiger partial charge in [-0.05, 0) is 48.9 Å². The number of hydrogen-bond donors (Lipinski definition) is 2. The van der Waals surface area contributed by atoms with Crippen LogP contribution in [0.4, 0.5) is 10.1 Å². The van der Waals surface area contributed by atoms with Gasteiger partial charge < -0.3 is 16.0 Å². The predicted octanol–water partition coefficient (Wildman–Crippen LogP) is 2.57. The van der Waals surface area contributed by atoms with Crippen molar-refractivity contribution in [2.75, 3.05) is 11.9 Å². The number of nitrogens with two attached hydrogens (primary N) is 1. The van der Waals surface area contributed by atoms with Crippen LogP contribution in [0.25, 0.3) is 0 Å². The van der Waals surface area contributed by atoms with E-state index in [1.54, 1.807) is 19.1 Å². The minimum absolute atomic E-state index is 0.126. The maximum atomic E-state index is 13.7. The van der Waals surface area contributed by atoms with Gasteiger partial charge in [0.1, 0.15) is 5.82 Å². The Morgan fingerprint density at radius 1 is 1.21 bits per heavy atom. The van der Waals surface area contributed by atoms with Gasteiger partial charge >= 0.3 is 11.8 Å². The molecule has 3 rings (SSSR count). The number of primary amides is 1. The Bertz CT molecular complexity index is 963. The van der Waals surface area contributed by atoms with Crippen molar-refractivity contribution < 1.29 is 18.8 Å². The summed E-state index contributed by atoms with van der Waals surface area (Å²) in [5, 5.41) is 2.48. The lowest BCUT2D eigenvalue weighted by Crippen LogP contribution is -2.46. The Kier molecular flexibility index (Phi) is 5.91. The number of anilines is 1. The highest BCUT2D eigenvalue weighted by atomic mass is 19.1. The third kappa shape index (κ3) is 4.59. The number of likely N-dealkylation sites (tertiary alicyclic amines) is 1. The summed E-state index contributed by atoms with van der Waals surface area (Å²) < 4.78 is 13.7. The van der Waals surface area contributed by atoms with Crippen LogP contribution in [-0.4, -0.2) is 34.2 Å². The number of aromatic nitrogens is 1. The van der Waals surface area contributed by atoms with Crippen LogP contribution in [0.5, 0.6) is 0 Å². The molecule has 2 atom stereocenters. The lowest BCUT2D eigenvalue weighted by atomic mass is 9.89. The summed E-state index contributed by atoms with van der Waals surface area (Å²) in [6.45, 7) is 4.11. The van der Waals surface area contributed by atoms with Gasteiger partial charge in [0.25, 0.3) is 0 Å². The molecule has 1 aliphatic heterocycles. The Labute approximate surface area is 168 Å². The molecule has 2 unspecified atom stereocenters. The van der Waals surface area contributed by atoms with Gasteiger partial charge in [-0.15, -0.1) is 0 Å². The molecule has 3 N–H and O–H groups in total. The minimum Gasteiger partial charge on any atom is -0.366 e. The van der Waals surface area contributed by atoms with Crippen molar-refractivity contribution in [3.8, 4) is 0 Å². The van der Waals surface area contributed by atoms with E-state index in [0.717, 1.165) is 12.0 Å². The first-order valence-electron chi connectivity index (χ1n) is 9.39. The minimum atomic E-state index is -0.827. The highest BCUT2D eigenvalue weighted by Crippen LogP contribution is 2.34. The number of carbonyl (C=O) groups is 3. The molecule has 0 saturated carbocycles. The first kappa shape index (κ1) is 20.4. The summed E-state index contributed by atoms with van der Waals surface area (Å²) in [6.07, 6.45) is 4.19. The second kappa shape index (κ2) is 8.38. The van der Waals surface area contributed by atoms with E-state index in [0.29, 0.717) is 18.5 Å². The van der Waals surface area contributed by atoms with E-state index < -0.39 is 17.7 Å². The number of nitrogens with one attached hydrogen (secondary N) is 1. The zero-order valence-corrected chi connectivity index (χ0v) is 16.3. The van der Waals surface area contributed by atoms with Gasteiger partial charge in [-0.3, -0.25) is 19.4 Å². The van der Waals surface area contributed by atoms with E-state index in [9.17, 15) is 18.8 Å². The highest BCUT2D eigenvalue weighted by Gasteiger charge is 2.34. The molecule has 152 valence electrons. The predicted molar refractivity (Wildman–Crippen MR) is 105 cm³/mol. The summed E-state index contributed by atoms with van der Waals surface area (Å²) in [6, 6.07) is 5.81. The molecular formula is C21H23FN4O3. The number of piperidine rings is 1. The van der Waals surface area contributed by atoms with Crippen molar-refractivity contribution in [1.29, 1.82) is 0 Å². The molecule has 2 heterocycles. The van der Waals surface area contributed by atoms with Gasteiger partial charge in [0.15, 0.2) is 0 Å². The lowest BCUT2D eigenvalue weighted by molar-refractivity contribution is -0.146. The SMILES string of the molecule is Cc1cc(C2CCC(C)CN2C(=O)C(=O)Nc2cncc(C(N)=O)c2)ccc1F. The van der Waals surface area contributed by atoms with Crippen molar-refractivity contribution in [2.24, 2.45) is 11.7 Å². The summed E-state index contributed by atoms with van der Waals surface area (Å²) in [7, 11) is 0. The smallest absolute Gasteiger partial charge is 0.313 e. The molecule has 8 heteroatoms. The number of pyridine rings is 1. The maximum Gasteiger partial charge on any atom is 0.313 e. The van der Waals surface area contributed by atoms with Gasteiger partial charge in [-0.25, -0.2) is 4.39 Å². The number of rotatable bonds is 3. The average Bonchev–Trinajstić information content (AvgIpc) is 2.69. The average molecular weight is 398 g/mol. The fourth-order valence-electron chi connectivity index (χ4n) is 3.56. The van der Waals surface area contributed by atoms with Gasteiger partial charge in [-0.1, -0.05) is 19.1 Å². The molecule has 1 aromatic carbocycles. The molecule has 0 spiro atoms. The molecule has 3 amide bonds. The van der Waals surface area contributed by atoms with Crippen LogP contribution in [0.1, 0.15) is 47.3 Å². The molecule has 1 aromatic heterocycles. The lowest BCUT2D eigenvalue weighted by Gasteiger charge is -2.38. The largest absolute Gasteiger partial charge is 0.366 e. The van der Waals surface area contributed by atoms with Crippen LogP contribution in [-0.2, 0) is 9.59 Å². The Hall–Kier alpha value is -3.29. The van der Waals surface area contributed by atoms with E-state index in [-0.39, 0.29) is 29.0 Å². The monoisotopic (exact) mass is 398 g/mol. The molecule has 1 saturated heterocycles. The number of aryl methyl sites for hydroxylation is 1. The first-order valence-corrected chi connectivity index (χ1v) is 9.39. The molecule has 7 nitrogen and oxygen atoms in total. The van der Waals surface area contributed by atoms with E-state index in [4.69, 9.17) is 5.73 Å². The Morgan fingerprint density at radius 3 is 2.66 bits per heavy atom. The van der Waals surface area contributed by atoms with Gasteiger partial charge in [0.2, 0.25) is 5.91 Å². The standard InChI is InChI=1S/C21H23FN4O3/c1-12-3-6-18(14-4-5-17(22)13(2)7-14)26(11-12)21(29)20(28)25-16-8-15(19(23)27)9-24-10-16/h4-5,7-10,12,18H,3,6,11H2,1-2H3,(H2,23,27)(H,25,28). The molecule has 1 fully saturated rings. The van der Waals surface area contributed by atoms with Crippen LogP contribution < -0.4 is 11.1 Å². The van der Waals surface area contributed by atoms with Crippen LogP contribution in [0.2, 0.25) is 0 Å². The number of amides is 3. The molecule has 1 aliphatic rings. The topological polar surface area (TPSA) is 105 Å². The van der Waals surface area contributed by atoms with Crippen molar-refractivity contribution in [1.82, 2.24) is 9.88 Å². The van der Waals surface area contributed by atoms with Crippen LogP contribution in [0, 0.1) is 18.7 Å². The van der Waals surface area contributed by atoms with Gasteiger partial charge in [0.05, 0.1) is 23.5 Å². The third-order valence-corrected chi connectivity index (χ3v) is 5.12. The van der Waals surface area contributed by atoms with Crippen molar-refractivity contribution in [2.45, 2.75) is 32.7 Å². The second-order valence-electron chi connectivity index (χ2n) is 7.45. The number of nitrogens with zero attached hydrogens (tertiary/aromatic N) is 2. The number of halogens is 1. The fourth-order valence-corrected chi connectivity index (χ4v) is 3.56. The summed E-state index contributed by atoms with van der Waals surface area (Å²) in [4.78, 5) is 42.2. The molecule has 0 aliphatic carbocycles. The number of carbonyl (C=O) groups excluding carboxylic acids is 3. The zero-order chi connectivity index (χ0) is 21.1. The molecule has 29 heavy (non-hydrogen) atoms. The number of benzene rings is 1. The fraction of sp³-hybridized carbons (Fsp3) is 0.333. The molecule has 0 bridgehead atoms. The van der Waals surface area contributed by atoms with Crippen LogP contribution in [0.3, 0.4) is 0 Å². The quantitative estimate of drug-likeness (QED) is 0.775. The molecule has 2 aromatic rings. The first-order chi connectivity index (χ1) is 13.8. The molecule has 0 radical (unpaired) electrons. The van der Waals surface area contributed by atoms with E-state index in [1.165, 1.54) is 29.4 Å². The van der Waals surface area contributed by atoms with Crippen molar-refractivity contribution >= 4 is 23.4 Å². The maximum absolute atomic E-state index is 13.7. The third-order valence-electron chi connectivity index (χ3n) is 5.12. The van der Waals surface area contributed by atoms with Gasteiger partial charge in [-0.2, -0.15) is 0 Å². The summed E-state index contributed by atoms with van der Waals surface area (Å²) >= 11 is 0. The van der Waals surface area contributed by atoms with Crippen LogP contribution >= 0.6 is 0 Å². The summed E-state index contributed by atoms with van der Waals surface area (Å²) in [5.74, 6) is -2.27. The normalized spacial score (nSPS) is 18.9. The number of hydrogen-bond acceptors (Lipinski definition) is 4. The Balaban J connectivity index is 1.81. The van der Waals surface area contributed by atoms with E-state index in [1.807, 2.05) is 6.92 Å². The van der Waals surface area contributed by atoms with Crippen molar-refractivity contribution in [3.63, 3.8) is 0 Å². The van der Waals surface area contributed by atoms with E-state index in [2.05, 4.69) is 10.3 Å². The highest BCUT2D eigenvalue weighted by molar-refractivity contribution is 6.39. The van der Waals surface area contributed by atoms with Crippen molar-refractivity contribution in [3.05, 3.63) is 59.2 Å². The molecular weight excluding hydrogens is 375 g/mol. The van der Waals surface area contributed by atoms with E-state index >= 15 is 0 Å². The van der Waals surface area contributed by atoms with Crippen LogP contribution in [0.15, 0.2) is 36.7 Å². The van der Waals surface area contributed by atoms with Gasteiger partial charge in [0, 0.05) is 12.7 Å². The Morgan fingerprint density at radius 2 is 1.97 bits per heavy atom. The second-order valence-corrected chi connectivity index (χ2v) is 7.45. The summed E-state index contributed by atoms with van der Waals surface area (Å²) in [5.41, 5.74) is 6.84. The zero-order valence-electron chi connectivity index (χ0n) is 16.3.